The first-order valence-electron chi connectivity index (χ1n) is 6.68. The summed E-state index contributed by atoms with van der Waals surface area (Å²) in [5.74, 6) is -0.144. The van der Waals surface area contributed by atoms with Crippen LogP contribution in [0.4, 0.5) is 0 Å². The lowest BCUT2D eigenvalue weighted by Crippen LogP contribution is -2.41. The molecule has 2 N–H and O–H groups in total. The van der Waals surface area contributed by atoms with Gasteiger partial charge < -0.3 is 15.2 Å². The molecule has 1 aliphatic rings. The van der Waals surface area contributed by atoms with E-state index < -0.39 is 0 Å². The van der Waals surface area contributed by atoms with Crippen molar-refractivity contribution in [2.75, 3.05) is 19.8 Å². The minimum Gasteiger partial charge on any atom is -0.465 e. The average molecular weight is 243 g/mol. The molecule has 1 aliphatic carbocycles. The first-order chi connectivity index (χ1) is 8.17. The number of carbonyl (C=O) groups is 1. The van der Waals surface area contributed by atoms with E-state index in [9.17, 15) is 4.79 Å². The van der Waals surface area contributed by atoms with Crippen LogP contribution in [0.5, 0.6) is 0 Å². The highest BCUT2D eigenvalue weighted by Gasteiger charge is 2.42. The maximum absolute atomic E-state index is 11.7. The molecule has 1 unspecified atom stereocenters. The van der Waals surface area contributed by atoms with Crippen LogP contribution in [0.3, 0.4) is 0 Å². The molecule has 0 amide bonds. The number of ether oxygens (including phenoxy) is 1. The third kappa shape index (κ3) is 4.64. The summed E-state index contributed by atoms with van der Waals surface area (Å²) in [6.07, 6.45) is 4.92. The SMILES string of the molecule is CCCC(NCC1(CCO)CC1)C(=O)OCC. The second kappa shape index (κ2) is 6.97. The van der Waals surface area contributed by atoms with E-state index in [-0.39, 0.29) is 24.0 Å². The highest BCUT2D eigenvalue weighted by atomic mass is 16.5. The first-order valence-corrected chi connectivity index (χ1v) is 6.68. The Labute approximate surface area is 104 Å². The summed E-state index contributed by atoms with van der Waals surface area (Å²) < 4.78 is 5.05. The number of carbonyl (C=O) groups excluding carboxylic acids is 1. The zero-order chi connectivity index (χ0) is 12.7. The summed E-state index contributed by atoms with van der Waals surface area (Å²) in [7, 11) is 0. The second-order valence-corrected chi connectivity index (χ2v) is 4.95. The number of rotatable bonds is 9. The van der Waals surface area contributed by atoms with E-state index in [1.807, 2.05) is 6.92 Å². The van der Waals surface area contributed by atoms with Gasteiger partial charge in [-0.15, -0.1) is 0 Å². The Morgan fingerprint density at radius 2 is 2.18 bits per heavy atom. The van der Waals surface area contributed by atoms with Gasteiger partial charge in [0.25, 0.3) is 0 Å². The van der Waals surface area contributed by atoms with Crippen molar-refractivity contribution in [3.05, 3.63) is 0 Å². The number of hydrogen-bond acceptors (Lipinski definition) is 4. The molecule has 1 atom stereocenters. The number of aliphatic hydroxyl groups excluding tert-OH is 1. The molecule has 17 heavy (non-hydrogen) atoms. The average Bonchev–Trinajstić information content (AvgIpc) is 3.05. The first kappa shape index (κ1) is 14.5. The van der Waals surface area contributed by atoms with Gasteiger partial charge in [-0.1, -0.05) is 13.3 Å². The van der Waals surface area contributed by atoms with Crippen molar-refractivity contribution in [3.63, 3.8) is 0 Å². The van der Waals surface area contributed by atoms with E-state index in [4.69, 9.17) is 9.84 Å². The third-order valence-corrected chi connectivity index (χ3v) is 3.47. The van der Waals surface area contributed by atoms with Crippen LogP contribution in [0.25, 0.3) is 0 Å². The minimum absolute atomic E-state index is 0.144. The fraction of sp³-hybridized carbons (Fsp3) is 0.923. The van der Waals surface area contributed by atoms with Gasteiger partial charge in [0.2, 0.25) is 0 Å². The topological polar surface area (TPSA) is 58.6 Å². The van der Waals surface area contributed by atoms with E-state index in [1.165, 1.54) is 0 Å². The largest absolute Gasteiger partial charge is 0.465 e. The zero-order valence-electron chi connectivity index (χ0n) is 11.0. The van der Waals surface area contributed by atoms with Gasteiger partial charge in [-0.2, -0.15) is 0 Å². The molecule has 0 aromatic heterocycles. The minimum atomic E-state index is -0.184. The molecule has 4 heteroatoms. The van der Waals surface area contributed by atoms with Crippen molar-refractivity contribution >= 4 is 5.97 Å². The van der Waals surface area contributed by atoms with Crippen molar-refractivity contribution in [1.29, 1.82) is 0 Å². The van der Waals surface area contributed by atoms with Crippen LogP contribution in [-0.2, 0) is 9.53 Å². The van der Waals surface area contributed by atoms with Gasteiger partial charge in [0.1, 0.15) is 6.04 Å². The van der Waals surface area contributed by atoms with Crippen molar-refractivity contribution in [3.8, 4) is 0 Å². The van der Waals surface area contributed by atoms with Crippen molar-refractivity contribution < 1.29 is 14.6 Å². The van der Waals surface area contributed by atoms with Gasteiger partial charge in [0, 0.05) is 13.2 Å². The van der Waals surface area contributed by atoms with Crippen molar-refractivity contribution in [2.45, 2.75) is 52.0 Å². The quantitative estimate of drug-likeness (QED) is 0.602. The summed E-state index contributed by atoms with van der Waals surface area (Å²) in [4.78, 5) is 11.7. The Morgan fingerprint density at radius 1 is 1.47 bits per heavy atom. The Hall–Kier alpha value is -0.610. The summed E-state index contributed by atoms with van der Waals surface area (Å²) in [6.45, 7) is 5.38. The van der Waals surface area contributed by atoms with E-state index in [0.717, 1.165) is 38.6 Å². The Morgan fingerprint density at radius 3 is 2.65 bits per heavy atom. The second-order valence-electron chi connectivity index (χ2n) is 4.95. The molecule has 0 aromatic rings. The lowest BCUT2D eigenvalue weighted by atomic mass is 10.0. The molecule has 0 aromatic carbocycles. The molecule has 0 radical (unpaired) electrons. The standard InChI is InChI=1S/C13H25NO3/c1-3-5-11(12(16)17-4-2)14-10-13(6-7-13)8-9-15/h11,14-15H,3-10H2,1-2H3. The van der Waals surface area contributed by atoms with Crippen LogP contribution in [0, 0.1) is 5.41 Å². The Balaban J connectivity index is 2.36. The molecule has 4 nitrogen and oxygen atoms in total. The maximum atomic E-state index is 11.7. The fourth-order valence-electron chi connectivity index (χ4n) is 2.10. The van der Waals surface area contributed by atoms with E-state index in [1.54, 1.807) is 0 Å². The Kier molecular flexibility index (Phi) is 5.92. The van der Waals surface area contributed by atoms with E-state index >= 15 is 0 Å². The van der Waals surface area contributed by atoms with Crippen LogP contribution in [-0.4, -0.2) is 36.9 Å². The smallest absolute Gasteiger partial charge is 0.323 e. The maximum Gasteiger partial charge on any atom is 0.323 e. The van der Waals surface area contributed by atoms with Crippen LogP contribution in [0.2, 0.25) is 0 Å². The van der Waals surface area contributed by atoms with Crippen LogP contribution < -0.4 is 5.32 Å². The number of nitrogens with one attached hydrogen (secondary N) is 1. The lowest BCUT2D eigenvalue weighted by molar-refractivity contribution is -0.145. The third-order valence-electron chi connectivity index (χ3n) is 3.47. The predicted molar refractivity (Wildman–Crippen MR) is 66.7 cm³/mol. The molecular weight excluding hydrogens is 218 g/mol. The van der Waals surface area contributed by atoms with Gasteiger partial charge in [-0.05, 0) is 38.0 Å². The molecule has 0 aliphatic heterocycles. The number of hydrogen-bond donors (Lipinski definition) is 2. The summed E-state index contributed by atoms with van der Waals surface area (Å²) in [5, 5.41) is 12.3. The molecule has 1 saturated carbocycles. The molecular formula is C13H25NO3. The number of aliphatic hydroxyl groups is 1. The summed E-state index contributed by atoms with van der Waals surface area (Å²) >= 11 is 0. The number of esters is 1. The predicted octanol–water partition coefficient (Wildman–Crippen LogP) is 1.47. The molecule has 1 fully saturated rings. The van der Waals surface area contributed by atoms with Gasteiger partial charge in [0.05, 0.1) is 6.61 Å². The van der Waals surface area contributed by atoms with E-state index in [0.29, 0.717) is 6.61 Å². The molecule has 0 bridgehead atoms. The highest BCUT2D eigenvalue weighted by molar-refractivity contribution is 5.75. The van der Waals surface area contributed by atoms with Crippen molar-refractivity contribution in [1.82, 2.24) is 5.32 Å². The van der Waals surface area contributed by atoms with Gasteiger partial charge >= 0.3 is 5.97 Å². The van der Waals surface area contributed by atoms with Crippen LogP contribution in [0.1, 0.15) is 46.0 Å². The molecule has 1 rings (SSSR count). The molecule has 0 saturated heterocycles. The van der Waals surface area contributed by atoms with Gasteiger partial charge in [-0.3, -0.25) is 4.79 Å². The van der Waals surface area contributed by atoms with Crippen LogP contribution >= 0.6 is 0 Å². The normalized spacial score (nSPS) is 18.8. The van der Waals surface area contributed by atoms with Crippen LogP contribution in [0.15, 0.2) is 0 Å². The highest BCUT2D eigenvalue weighted by Crippen LogP contribution is 2.47. The molecule has 100 valence electrons. The monoisotopic (exact) mass is 243 g/mol. The van der Waals surface area contributed by atoms with E-state index in [2.05, 4.69) is 12.2 Å². The fourth-order valence-corrected chi connectivity index (χ4v) is 2.10. The molecule has 0 spiro atoms. The Bertz CT molecular complexity index is 239. The zero-order valence-corrected chi connectivity index (χ0v) is 11.0. The van der Waals surface area contributed by atoms with Gasteiger partial charge in [0.15, 0.2) is 0 Å². The van der Waals surface area contributed by atoms with Gasteiger partial charge in [-0.25, -0.2) is 0 Å². The molecule has 0 heterocycles. The summed E-state index contributed by atoms with van der Waals surface area (Å²) in [5.41, 5.74) is 0.243. The summed E-state index contributed by atoms with van der Waals surface area (Å²) in [6, 6.07) is -0.184. The lowest BCUT2D eigenvalue weighted by Gasteiger charge is -2.20. The van der Waals surface area contributed by atoms with Crippen molar-refractivity contribution in [2.24, 2.45) is 5.41 Å².